The first-order valence-corrected chi connectivity index (χ1v) is 6.01. The fourth-order valence-electron chi connectivity index (χ4n) is 1.95. The van der Waals surface area contributed by atoms with Gasteiger partial charge in [-0.05, 0) is 12.5 Å². The highest BCUT2D eigenvalue weighted by atomic mass is 19.1. The van der Waals surface area contributed by atoms with Crippen molar-refractivity contribution in [2.24, 2.45) is 0 Å². The van der Waals surface area contributed by atoms with Crippen LogP contribution in [0.3, 0.4) is 0 Å². The van der Waals surface area contributed by atoms with Crippen molar-refractivity contribution in [3.8, 4) is 0 Å². The third-order valence-corrected chi connectivity index (χ3v) is 2.84. The highest BCUT2D eigenvalue weighted by molar-refractivity contribution is 5.21. The molecular formula is C13H18FNO2. The van der Waals surface area contributed by atoms with Crippen LogP contribution in [0.15, 0.2) is 24.3 Å². The van der Waals surface area contributed by atoms with Crippen LogP contribution in [0.1, 0.15) is 18.0 Å². The van der Waals surface area contributed by atoms with Gasteiger partial charge < -0.3 is 14.8 Å². The van der Waals surface area contributed by atoms with Crippen LogP contribution >= 0.6 is 0 Å². The van der Waals surface area contributed by atoms with Crippen LogP contribution in [0.5, 0.6) is 0 Å². The quantitative estimate of drug-likeness (QED) is 0.812. The molecule has 0 aliphatic carbocycles. The molecule has 17 heavy (non-hydrogen) atoms. The standard InChI is InChI=1S/C13H18FNO2/c14-12-4-2-1-3-11(12)13-5-7-16-9-10-17-8-6-15-13/h1-4,13,15H,5-10H2. The maximum Gasteiger partial charge on any atom is 0.127 e. The molecule has 1 aliphatic heterocycles. The van der Waals surface area contributed by atoms with Gasteiger partial charge in [0.25, 0.3) is 0 Å². The van der Waals surface area contributed by atoms with Gasteiger partial charge in [0.1, 0.15) is 5.82 Å². The molecule has 1 aromatic rings. The van der Waals surface area contributed by atoms with Crippen LogP contribution in [-0.4, -0.2) is 33.0 Å². The van der Waals surface area contributed by atoms with Gasteiger partial charge in [-0.15, -0.1) is 0 Å². The predicted molar refractivity (Wildman–Crippen MR) is 63.4 cm³/mol. The molecule has 1 fully saturated rings. The minimum atomic E-state index is -0.164. The molecule has 1 unspecified atom stereocenters. The molecule has 0 saturated carbocycles. The maximum atomic E-state index is 13.7. The molecule has 1 atom stereocenters. The largest absolute Gasteiger partial charge is 0.379 e. The summed E-state index contributed by atoms with van der Waals surface area (Å²) in [7, 11) is 0. The summed E-state index contributed by atoms with van der Waals surface area (Å²) in [5.74, 6) is -0.164. The normalized spacial score (nSPS) is 23.2. The van der Waals surface area contributed by atoms with Crippen molar-refractivity contribution in [1.82, 2.24) is 5.32 Å². The molecule has 1 N–H and O–H groups in total. The summed E-state index contributed by atoms with van der Waals surface area (Å²) >= 11 is 0. The van der Waals surface area contributed by atoms with E-state index in [0.29, 0.717) is 32.0 Å². The maximum absolute atomic E-state index is 13.7. The molecule has 0 amide bonds. The number of halogens is 1. The lowest BCUT2D eigenvalue weighted by Crippen LogP contribution is -2.29. The third kappa shape index (κ3) is 3.77. The zero-order valence-corrected chi connectivity index (χ0v) is 9.82. The zero-order chi connectivity index (χ0) is 11.9. The van der Waals surface area contributed by atoms with Crippen LogP contribution in [0.4, 0.5) is 4.39 Å². The van der Waals surface area contributed by atoms with E-state index in [1.807, 2.05) is 12.1 Å². The molecule has 2 rings (SSSR count). The Kier molecular flexibility index (Phi) is 4.91. The average Bonchev–Trinajstić information content (AvgIpc) is 2.37. The monoisotopic (exact) mass is 239 g/mol. The van der Waals surface area contributed by atoms with Crippen molar-refractivity contribution < 1.29 is 13.9 Å². The second kappa shape index (κ2) is 6.69. The molecule has 1 aromatic carbocycles. The number of hydrogen-bond donors (Lipinski definition) is 1. The van der Waals surface area contributed by atoms with Crippen LogP contribution in [-0.2, 0) is 9.47 Å². The molecule has 3 nitrogen and oxygen atoms in total. The second-order valence-corrected chi connectivity index (χ2v) is 4.04. The summed E-state index contributed by atoms with van der Waals surface area (Å²) in [5.41, 5.74) is 0.705. The first-order valence-electron chi connectivity index (χ1n) is 6.01. The number of benzene rings is 1. The number of hydrogen-bond acceptors (Lipinski definition) is 3. The van der Waals surface area contributed by atoms with Crippen molar-refractivity contribution in [3.63, 3.8) is 0 Å². The number of rotatable bonds is 1. The Morgan fingerprint density at radius 1 is 1.06 bits per heavy atom. The topological polar surface area (TPSA) is 30.5 Å². The highest BCUT2D eigenvalue weighted by Crippen LogP contribution is 2.20. The molecule has 0 spiro atoms. The van der Waals surface area contributed by atoms with E-state index in [-0.39, 0.29) is 11.9 Å². The van der Waals surface area contributed by atoms with E-state index in [4.69, 9.17) is 9.47 Å². The van der Waals surface area contributed by atoms with Gasteiger partial charge in [-0.3, -0.25) is 0 Å². The fraction of sp³-hybridized carbons (Fsp3) is 0.538. The average molecular weight is 239 g/mol. The smallest absolute Gasteiger partial charge is 0.127 e. The molecule has 94 valence electrons. The van der Waals surface area contributed by atoms with E-state index in [2.05, 4.69) is 5.32 Å². The molecule has 0 radical (unpaired) electrons. The van der Waals surface area contributed by atoms with Crippen LogP contribution in [0.25, 0.3) is 0 Å². The Bertz CT molecular complexity index is 336. The van der Waals surface area contributed by atoms with Crippen LogP contribution < -0.4 is 5.32 Å². The van der Waals surface area contributed by atoms with Gasteiger partial charge in [0, 0.05) is 24.8 Å². The van der Waals surface area contributed by atoms with Crippen LogP contribution in [0, 0.1) is 5.82 Å². The Hall–Kier alpha value is -0.970. The SMILES string of the molecule is Fc1ccccc1C1CCOCCOCCN1. The third-order valence-electron chi connectivity index (χ3n) is 2.84. The Morgan fingerprint density at radius 3 is 2.65 bits per heavy atom. The molecule has 1 aliphatic rings. The van der Waals surface area contributed by atoms with Gasteiger partial charge in [-0.2, -0.15) is 0 Å². The van der Waals surface area contributed by atoms with Crippen molar-refractivity contribution in [2.45, 2.75) is 12.5 Å². The summed E-state index contributed by atoms with van der Waals surface area (Å²) in [6.07, 6.45) is 0.779. The van der Waals surface area contributed by atoms with Gasteiger partial charge in [-0.25, -0.2) is 4.39 Å². The van der Waals surface area contributed by atoms with Crippen molar-refractivity contribution >= 4 is 0 Å². The van der Waals surface area contributed by atoms with Crippen molar-refractivity contribution in [1.29, 1.82) is 0 Å². The minimum absolute atomic E-state index is 0.00194. The van der Waals surface area contributed by atoms with E-state index in [1.165, 1.54) is 6.07 Å². The van der Waals surface area contributed by atoms with E-state index >= 15 is 0 Å². The van der Waals surface area contributed by atoms with Gasteiger partial charge in [0.2, 0.25) is 0 Å². The first kappa shape index (κ1) is 12.5. The Labute approximate surface area is 101 Å². The van der Waals surface area contributed by atoms with E-state index in [9.17, 15) is 4.39 Å². The highest BCUT2D eigenvalue weighted by Gasteiger charge is 2.15. The molecule has 0 aromatic heterocycles. The fourth-order valence-corrected chi connectivity index (χ4v) is 1.95. The minimum Gasteiger partial charge on any atom is -0.379 e. The van der Waals surface area contributed by atoms with E-state index in [0.717, 1.165) is 13.0 Å². The van der Waals surface area contributed by atoms with E-state index < -0.39 is 0 Å². The number of nitrogens with one attached hydrogen (secondary N) is 1. The summed E-state index contributed by atoms with van der Waals surface area (Å²) < 4.78 is 24.4. The summed E-state index contributed by atoms with van der Waals surface area (Å²) in [4.78, 5) is 0. The zero-order valence-electron chi connectivity index (χ0n) is 9.82. The van der Waals surface area contributed by atoms with Gasteiger partial charge in [-0.1, -0.05) is 18.2 Å². The Morgan fingerprint density at radius 2 is 1.82 bits per heavy atom. The molecule has 0 bridgehead atoms. The summed E-state index contributed by atoms with van der Waals surface area (Å²) in [6, 6.07) is 6.87. The lowest BCUT2D eigenvalue weighted by atomic mass is 10.0. The van der Waals surface area contributed by atoms with Crippen molar-refractivity contribution in [2.75, 3.05) is 33.0 Å². The number of ether oxygens (including phenoxy) is 2. The first-order chi connectivity index (χ1) is 8.38. The van der Waals surface area contributed by atoms with Crippen LogP contribution in [0.2, 0.25) is 0 Å². The molecule has 4 heteroatoms. The Balaban J connectivity index is 2.03. The van der Waals surface area contributed by atoms with Gasteiger partial charge in [0.15, 0.2) is 0 Å². The van der Waals surface area contributed by atoms with Gasteiger partial charge in [0.05, 0.1) is 19.8 Å². The van der Waals surface area contributed by atoms with Crippen molar-refractivity contribution in [3.05, 3.63) is 35.6 Å². The molecule has 1 saturated heterocycles. The molecule has 1 heterocycles. The van der Waals surface area contributed by atoms with E-state index in [1.54, 1.807) is 6.07 Å². The lowest BCUT2D eigenvalue weighted by Gasteiger charge is -2.21. The lowest BCUT2D eigenvalue weighted by molar-refractivity contribution is 0.0361. The molecular weight excluding hydrogens is 221 g/mol. The summed E-state index contributed by atoms with van der Waals surface area (Å²) in [6.45, 7) is 3.23. The predicted octanol–water partition coefficient (Wildman–Crippen LogP) is 1.89. The second-order valence-electron chi connectivity index (χ2n) is 4.04. The van der Waals surface area contributed by atoms with Gasteiger partial charge >= 0.3 is 0 Å². The summed E-state index contributed by atoms with van der Waals surface area (Å²) in [5, 5.41) is 3.30.